The number of thioether (sulfide) groups is 1. The molecule has 0 bridgehead atoms. The second-order valence-corrected chi connectivity index (χ2v) is 6.93. The Morgan fingerprint density at radius 1 is 1.50 bits per heavy atom. The van der Waals surface area contributed by atoms with Crippen LogP contribution >= 0.6 is 11.8 Å². The summed E-state index contributed by atoms with van der Waals surface area (Å²) in [6, 6.07) is 2.08. The minimum absolute atomic E-state index is 0. The summed E-state index contributed by atoms with van der Waals surface area (Å²) in [5, 5.41) is 15.0. The van der Waals surface area contributed by atoms with Crippen molar-refractivity contribution in [3.05, 3.63) is 35.4 Å². The van der Waals surface area contributed by atoms with E-state index in [9.17, 15) is 24.3 Å². The second kappa shape index (κ2) is 10.0. The van der Waals surface area contributed by atoms with Crippen LogP contribution < -0.4 is 40.6 Å². The van der Waals surface area contributed by atoms with E-state index in [-0.39, 0.29) is 66.1 Å². The molecule has 3 heterocycles. The average molecular weight is 448 g/mol. The SMILES string of the molecule is CON=C(C(=O)N[C@@H]1C(=O)N2C(C(=O)O)=C(COC(N)=O)CS[C@H]12)c1ccco1.[H-].[Na+]. The van der Waals surface area contributed by atoms with Crippen molar-refractivity contribution in [3.8, 4) is 0 Å². The fourth-order valence-corrected chi connectivity index (χ4v) is 4.19. The number of nitrogens with zero attached hydrogens (tertiary/aromatic N) is 2. The first-order chi connectivity index (χ1) is 13.8. The molecule has 0 unspecified atom stereocenters. The molecule has 2 aliphatic heterocycles. The molecule has 1 aromatic rings. The zero-order chi connectivity index (χ0) is 21.1. The summed E-state index contributed by atoms with van der Waals surface area (Å²) >= 11 is 1.21. The molecular formula is C16H17N4NaO8S. The molecule has 2 atom stereocenters. The number of furan rings is 1. The van der Waals surface area contributed by atoms with Gasteiger partial charge in [0.1, 0.15) is 30.8 Å². The van der Waals surface area contributed by atoms with Crippen molar-refractivity contribution in [2.24, 2.45) is 10.9 Å². The largest absolute Gasteiger partial charge is 1.00 e. The van der Waals surface area contributed by atoms with Gasteiger partial charge in [-0.05, 0) is 12.1 Å². The molecular weight excluding hydrogens is 431 g/mol. The number of rotatable bonds is 7. The minimum Gasteiger partial charge on any atom is -1.00 e. The molecule has 1 fully saturated rings. The summed E-state index contributed by atoms with van der Waals surface area (Å²) in [5.41, 5.74) is 4.68. The minimum atomic E-state index is -1.35. The molecule has 3 amide bonds. The number of carboxylic acid groups (broad SMARTS) is 1. The maximum absolute atomic E-state index is 12.6. The number of nitrogens with two attached hydrogens (primary N) is 1. The molecule has 4 N–H and O–H groups in total. The number of hydrogen-bond acceptors (Lipinski definition) is 9. The van der Waals surface area contributed by atoms with E-state index < -0.39 is 35.3 Å². The maximum atomic E-state index is 12.6. The zero-order valence-corrected chi connectivity index (χ0v) is 18.8. The quantitative estimate of drug-likeness (QED) is 0.166. The van der Waals surface area contributed by atoms with E-state index in [1.54, 1.807) is 6.07 Å². The van der Waals surface area contributed by atoms with Gasteiger partial charge in [0.05, 0.1) is 6.26 Å². The Morgan fingerprint density at radius 3 is 2.80 bits per heavy atom. The first-order valence-electron chi connectivity index (χ1n) is 8.13. The molecule has 0 aromatic carbocycles. The molecule has 156 valence electrons. The summed E-state index contributed by atoms with van der Waals surface area (Å²) in [7, 11) is 1.25. The topological polar surface area (TPSA) is 174 Å². The van der Waals surface area contributed by atoms with Gasteiger partial charge in [-0.3, -0.25) is 14.5 Å². The van der Waals surface area contributed by atoms with Crippen LogP contribution in [0.25, 0.3) is 0 Å². The first-order valence-corrected chi connectivity index (χ1v) is 9.18. The third kappa shape index (κ3) is 4.64. The van der Waals surface area contributed by atoms with Crippen molar-refractivity contribution in [2.75, 3.05) is 19.5 Å². The number of aliphatic carboxylic acids is 1. The van der Waals surface area contributed by atoms with E-state index in [0.717, 1.165) is 4.90 Å². The number of carboxylic acids is 1. The van der Waals surface area contributed by atoms with Crippen molar-refractivity contribution in [3.63, 3.8) is 0 Å². The fourth-order valence-electron chi connectivity index (χ4n) is 2.87. The Morgan fingerprint density at radius 2 is 2.23 bits per heavy atom. The van der Waals surface area contributed by atoms with E-state index in [2.05, 4.69) is 20.0 Å². The number of amides is 3. The van der Waals surface area contributed by atoms with Crippen molar-refractivity contribution in [1.29, 1.82) is 0 Å². The van der Waals surface area contributed by atoms with Gasteiger partial charge in [0.15, 0.2) is 5.76 Å². The summed E-state index contributed by atoms with van der Waals surface area (Å²) in [6.07, 6.45) is 0.290. The first kappa shape index (κ1) is 23.8. The normalized spacial score (nSPS) is 20.5. The smallest absolute Gasteiger partial charge is 1.00 e. The average Bonchev–Trinajstić information content (AvgIpc) is 3.21. The predicted molar refractivity (Wildman–Crippen MR) is 98.6 cm³/mol. The van der Waals surface area contributed by atoms with E-state index in [1.165, 1.54) is 31.2 Å². The number of hydrogen-bond donors (Lipinski definition) is 3. The molecule has 0 aliphatic carbocycles. The van der Waals surface area contributed by atoms with Gasteiger partial charge >= 0.3 is 41.6 Å². The third-order valence-electron chi connectivity index (χ3n) is 4.08. The Kier molecular flexibility index (Phi) is 7.95. The van der Waals surface area contributed by atoms with Gasteiger partial charge < -0.3 is 31.6 Å². The molecule has 12 nitrogen and oxygen atoms in total. The molecule has 30 heavy (non-hydrogen) atoms. The molecule has 3 rings (SSSR count). The summed E-state index contributed by atoms with van der Waals surface area (Å²) in [4.78, 5) is 53.3. The van der Waals surface area contributed by atoms with Crippen molar-refractivity contribution < 1.29 is 69.3 Å². The van der Waals surface area contributed by atoms with Gasteiger partial charge in [0.2, 0.25) is 5.71 Å². The van der Waals surface area contributed by atoms with Crippen LogP contribution in [0.2, 0.25) is 0 Å². The van der Waals surface area contributed by atoms with E-state index in [1.807, 2.05) is 0 Å². The number of ether oxygens (including phenoxy) is 1. The summed E-state index contributed by atoms with van der Waals surface area (Å²) in [6.45, 7) is -0.347. The van der Waals surface area contributed by atoms with E-state index in [4.69, 9.17) is 10.2 Å². The number of nitrogens with one attached hydrogen (secondary N) is 1. The third-order valence-corrected chi connectivity index (χ3v) is 5.42. The van der Waals surface area contributed by atoms with Gasteiger partial charge in [-0.1, -0.05) is 5.16 Å². The van der Waals surface area contributed by atoms with Crippen LogP contribution in [0.1, 0.15) is 7.19 Å². The van der Waals surface area contributed by atoms with Crippen LogP contribution in [-0.4, -0.2) is 70.5 Å². The predicted octanol–water partition coefficient (Wildman–Crippen LogP) is -3.42. The van der Waals surface area contributed by atoms with E-state index in [0.29, 0.717) is 0 Å². The Bertz CT molecular complexity index is 923. The van der Waals surface area contributed by atoms with Gasteiger partial charge in [-0.2, -0.15) is 0 Å². The number of primary amides is 1. The van der Waals surface area contributed by atoms with Crippen molar-refractivity contribution in [2.45, 2.75) is 11.4 Å². The zero-order valence-electron chi connectivity index (χ0n) is 17.0. The molecule has 1 saturated heterocycles. The molecule has 2 aliphatic rings. The van der Waals surface area contributed by atoms with Crippen LogP contribution in [0, 0.1) is 0 Å². The Labute approximate surface area is 197 Å². The van der Waals surface area contributed by atoms with Gasteiger partial charge in [-0.25, -0.2) is 9.59 Å². The second-order valence-electron chi connectivity index (χ2n) is 5.83. The van der Waals surface area contributed by atoms with Crippen LogP contribution in [0.3, 0.4) is 0 Å². The van der Waals surface area contributed by atoms with Crippen LogP contribution in [0.4, 0.5) is 4.79 Å². The van der Waals surface area contributed by atoms with Gasteiger partial charge in [-0.15, -0.1) is 11.8 Å². The number of β-lactam (4-membered cyclic amide) rings is 1. The summed E-state index contributed by atoms with van der Waals surface area (Å²) in [5.74, 6) is -2.38. The summed E-state index contributed by atoms with van der Waals surface area (Å²) < 4.78 is 9.79. The molecule has 0 saturated carbocycles. The number of oxime groups is 1. The maximum Gasteiger partial charge on any atom is 1.00 e. The van der Waals surface area contributed by atoms with Crippen LogP contribution in [0.15, 0.2) is 39.2 Å². The number of carbonyl (C=O) groups is 4. The van der Waals surface area contributed by atoms with Gasteiger partial charge in [0, 0.05) is 11.3 Å². The van der Waals surface area contributed by atoms with Crippen LogP contribution in [-0.2, 0) is 24.0 Å². The molecule has 0 radical (unpaired) electrons. The van der Waals surface area contributed by atoms with Gasteiger partial charge in [0.25, 0.3) is 11.8 Å². The monoisotopic (exact) mass is 448 g/mol. The van der Waals surface area contributed by atoms with E-state index >= 15 is 0 Å². The molecule has 1 aromatic heterocycles. The van der Waals surface area contributed by atoms with Crippen molar-refractivity contribution in [1.82, 2.24) is 10.2 Å². The standard InChI is InChI=1S/C16H16N4O8S.Na.H/c1-26-19-9(8-3-2-4-27-8)12(21)18-10-13(22)20-11(15(23)24)7(5-28-16(17)25)6-29-14(10)20;;/h2-4,10,14H,5-6H2,1H3,(H2,17,25)(H,18,21)(H,23,24);;/q;+1;-1/t10-,14-;;/m1../s1. The Hall–Kier alpha value is -2.48. The van der Waals surface area contributed by atoms with Crippen LogP contribution in [0.5, 0.6) is 0 Å². The Balaban J connectivity index is 0.00000240. The number of carbonyl (C=O) groups excluding carboxylic acids is 3. The number of fused-ring (bicyclic) bond motifs is 1. The van der Waals surface area contributed by atoms with Crippen molar-refractivity contribution >= 4 is 41.4 Å². The fraction of sp³-hybridized carbons (Fsp3) is 0.312. The molecule has 14 heteroatoms. The molecule has 0 spiro atoms.